The Kier molecular flexibility index (Phi) is 4.01. The molecule has 1 aromatic rings. The predicted octanol–water partition coefficient (Wildman–Crippen LogP) is 0.818. The molecule has 0 spiro atoms. The van der Waals surface area contributed by atoms with E-state index in [1.54, 1.807) is 0 Å². The first-order valence-electron chi connectivity index (χ1n) is 2.52. The van der Waals surface area contributed by atoms with E-state index in [1.165, 1.54) is 18.4 Å². The lowest BCUT2D eigenvalue weighted by Gasteiger charge is -1.79. The Balaban J connectivity index is 0.000000292. The molecule has 0 amide bonds. The van der Waals surface area contributed by atoms with Crippen molar-refractivity contribution < 1.29 is 19.4 Å². The van der Waals surface area contributed by atoms with Crippen LogP contribution in [0.4, 0.5) is 0 Å². The summed E-state index contributed by atoms with van der Waals surface area (Å²) >= 11 is 0. The van der Waals surface area contributed by atoms with Crippen LogP contribution in [0.3, 0.4) is 0 Å². The van der Waals surface area contributed by atoms with Crippen molar-refractivity contribution in [3.63, 3.8) is 0 Å². The Labute approximate surface area is 62.1 Å². The Morgan fingerprint density at radius 1 is 1.73 bits per heavy atom. The highest BCUT2D eigenvalue weighted by molar-refractivity contribution is 5.84. The van der Waals surface area contributed by atoms with E-state index in [0.29, 0.717) is 0 Å². The van der Waals surface area contributed by atoms with Crippen molar-refractivity contribution >= 4 is 5.97 Å². The van der Waals surface area contributed by atoms with E-state index >= 15 is 0 Å². The first kappa shape index (κ1) is 9.04. The van der Waals surface area contributed by atoms with Crippen LogP contribution < -0.4 is 0 Å². The van der Waals surface area contributed by atoms with Gasteiger partial charge in [0, 0.05) is 0 Å². The van der Waals surface area contributed by atoms with Gasteiger partial charge in [-0.15, -0.1) is 0 Å². The first-order chi connectivity index (χ1) is 5.22. The fourth-order valence-electron chi connectivity index (χ4n) is 0.400. The number of carboxylic acids is 1. The highest BCUT2D eigenvalue weighted by Crippen LogP contribution is 1.97. The molecular weight excluding hydrogens is 150 g/mol. The molecule has 1 aromatic heterocycles. The minimum Gasteiger partial charge on any atom is -0.475 e. The molecule has 1 heterocycles. The van der Waals surface area contributed by atoms with Crippen LogP contribution in [0.1, 0.15) is 10.6 Å². The molecule has 0 atom stereocenters. The third-order valence-corrected chi connectivity index (χ3v) is 0.732. The SMILES string of the molecule is N#CO.O=C(O)c1ccco1. The lowest BCUT2D eigenvalue weighted by atomic mass is 10.5. The molecule has 0 aliphatic carbocycles. The Hall–Kier alpha value is -1.96. The van der Waals surface area contributed by atoms with Crippen LogP contribution in [0.25, 0.3) is 0 Å². The zero-order valence-corrected chi connectivity index (χ0v) is 5.39. The van der Waals surface area contributed by atoms with Crippen molar-refractivity contribution in [3.8, 4) is 6.26 Å². The molecule has 0 saturated heterocycles. The lowest BCUT2D eigenvalue weighted by molar-refractivity contribution is 0.0662. The van der Waals surface area contributed by atoms with E-state index in [4.69, 9.17) is 15.5 Å². The van der Waals surface area contributed by atoms with Gasteiger partial charge < -0.3 is 14.6 Å². The molecule has 0 saturated carbocycles. The molecule has 2 N–H and O–H groups in total. The van der Waals surface area contributed by atoms with E-state index in [0.717, 1.165) is 6.26 Å². The number of hydrogen-bond donors (Lipinski definition) is 2. The van der Waals surface area contributed by atoms with Crippen molar-refractivity contribution in [2.75, 3.05) is 0 Å². The normalized spacial score (nSPS) is 7.18. The second kappa shape index (κ2) is 4.88. The number of aliphatic hydroxyl groups is 1. The number of carbonyl (C=O) groups is 1. The van der Waals surface area contributed by atoms with E-state index in [1.807, 2.05) is 0 Å². The Bertz CT molecular complexity index is 246. The average Bonchev–Trinajstić information content (AvgIpc) is 2.38. The minimum atomic E-state index is -1.03. The van der Waals surface area contributed by atoms with Crippen LogP contribution in [-0.2, 0) is 0 Å². The monoisotopic (exact) mass is 155 g/mol. The second-order valence-corrected chi connectivity index (χ2v) is 1.38. The molecule has 0 aromatic carbocycles. The molecule has 0 aliphatic heterocycles. The van der Waals surface area contributed by atoms with Crippen molar-refractivity contribution in [1.29, 1.82) is 5.26 Å². The van der Waals surface area contributed by atoms with Crippen LogP contribution in [0.2, 0.25) is 0 Å². The van der Waals surface area contributed by atoms with Gasteiger partial charge in [-0.1, -0.05) is 0 Å². The molecule has 0 aliphatic rings. The summed E-state index contributed by atoms with van der Waals surface area (Å²) in [5.41, 5.74) is 0. The maximum Gasteiger partial charge on any atom is 0.371 e. The molecule has 0 fully saturated rings. The number of hydrogen-bond acceptors (Lipinski definition) is 4. The van der Waals surface area contributed by atoms with Crippen LogP contribution in [0, 0.1) is 11.5 Å². The molecule has 11 heavy (non-hydrogen) atoms. The van der Waals surface area contributed by atoms with Gasteiger partial charge in [0.2, 0.25) is 5.76 Å². The first-order valence-corrected chi connectivity index (χ1v) is 2.52. The van der Waals surface area contributed by atoms with Gasteiger partial charge in [0.15, 0.2) is 0 Å². The van der Waals surface area contributed by atoms with Crippen molar-refractivity contribution in [2.24, 2.45) is 0 Å². The van der Waals surface area contributed by atoms with E-state index in [-0.39, 0.29) is 5.76 Å². The summed E-state index contributed by atoms with van der Waals surface area (Å²) in [5, 5.41) is 21.9. The molecule has 0 unspecified atom stereocenters. The number of aliphatic hydroxyl groups excluding tert-OH is 1. The smallest absolute Gasteiger partial charge is 0.371 e. The van der Waals surface area contributed by atoms with Gasteiger partial charge in [-0.3, -0.25) is 0 Å². The summed E-state index contributed by atoms with van der Waals surface area (Å²) in [6.45, 7) is 0. The van der Waals surface area contributed by atoms with Crippen LogP contribution in [0.5, 0.6) is 0 Å². The molecule has 0 radical (unpaired) electrons. The van der Waals surface area contributed by atoms with E-state index in [2.05, 4.69) is 4.42 Å². The molecule has 5 nitrogen and oxygen atoms in total. The van der Waals surface area contributed by atoms with Gasteiger partial charge in [-0.2, -0.15) is 5.26 Å². The number of carboxylic acid groups (broad SMARTS) is 1. The van der Waals surface area contributed by atoms with Crippen LogP contribution >= 0.6 is 0 Å². The zero-order chi connectivity index (χ0) is 8.69. The topological polar surface area (TPSA) is 94.5 Å². The number of furan rings is 1. The summed E-state index contributed by atoms with van der Waals surface area (Å²) < 4.78 is 4.50. The Morgan fingerprint density at radius 2 is 2.27 bits per heavy atom. The van der Waals surface area contributed by atoms with E-state index in [9.17, 15) is 4.79 Å². The lowest BCUT2D eigenvalue weighted by Crippen LogP contribution is -1.90. The number of aromatic carboxylic acids is 1. The van der Waals surface area contributed by atoms with Crippen LogP contribution in [-0.4, -0.2) is 16.2 Å². The summed E-state index contributed by atoms with van der Waals surface area (Å²) in [6.07, 6.45) is 2.07. The van der Waals surface area contributed by atoms with Crippen LogP contribution in [0.15, 0.2) is 22.8 Å². The fourth-order valence-corrected chi connectivity index (χ4v) is 0.400. The minimum absolute atomic E-state index is 0.0231. The summed E-state index contributed by atoms with van der Waals surface area (Å²) in [4.78, 5) is 9.97. The third-order valence-electron chi connectivity index (χ3n) is 0.732. The maximum atomic E-state index is 9.97. The predicted molar refractivity (Wildman–Crippen MR) is 33.2 cm³/mol. The van der Waals surface area contributed by atoms with Crippen molar-refractivity contribution in [2.45, 2.75) is 0 Å². The zero-order valence-electron chi connectivity index (χ0n) is 5.39. The molecule has 1 rings (SSSR count). The largest absolute Gasteiger partial charge is 0.475 e. The molecular formula is C6H5NO4. The summed E-state index contributed by atoms with van der Waals surface area (Å²) in [5.74, 6) is -1.06. The second-order valence-electron chi connectivity index (χ2n) is 1.38. The summed E-state index contributed by atoms with van der Waals surface area (Å²) in [6, 6.07) is 2.92. The number of rotatable bonds is 1. The fraction of sp³-hybridized carbons (Fsp3) is 0. The van der Waals surface area contributed by atoms with Gasteiger partial charge in [0.05, 0.1) is 6.26 Å². The Morgan fingerprint density at radius 3 is 2.45 bits per heavy atom. The van der Waals surface area contributed by atoms with Gasteiger partial charge in [-0.25, -0.2) is 4.79 Å². The molecule has 5 heteroatoms. The number of nitriles is 1. The quantitative estimate of drug-likeness (QED) is 0.585. The standard InChI is InChI=1S/C5H4O3.CHNO/c6-5(7)4-2-1-3-8-4;2-1-3/h1-3H,(H,6,7);3H. The van der Waals surface area contributed by atoms with E-state index < -0.39 is 5.97 Å². The molecule has 58 valence electrons. The average molecular weight is 155 g/mol. The van der Waals surface area contributed by atoms with Gasteiger partial charge >= 0.3 is 5.97 Å². The molecule has 0 bridgehead atoms. The number of nitrogens with zero attached hydrogens (tertiary/aromatic N) is 1. The van der Waals surface area contributed by atoms with Gasteiger partial charge in [0.1, 0.15) is 0 Å². The maximum absolute atomic E-state index is 9.97. The highest BCUT2D eigenvalue weighted by atomic mass is 16.4. The van der Waals surface area contributed by atoms with Gasteiger partial charge in [-0.05, 0) is 12.1 Å². The van der Waals surface area contributed by atoms with Crippen molar-refractivity contribution in [3.05, 3.63) is 24.2 Å². The van der Waals surface area contributed by atoms with Crippen molar-refractivity contribution in [1.82, 2.24) is 0 Å². The van der Waals surface area contributed by atoms with Gasteiger partial charge in [0.25, 0.3) is 6.26 Å². The highest BCUT2D eigenvalue weighted by Gasteiger charge is 2.01. The summed E-state index contributed by atoms with van der Waals surface area (Å²) in [7, 11) is 0. The third kappa shape index (κ3) is 3.59.